The molecule has 0 unspecified atom stereocenters. The van der Waals surface area contributed by atoms with Gasteiger partial charge in [-0.15, -0.1) is 29.3 Å². The fourth-order valence-electron chi connectivity index (χ4n) is 9.21. The van der Waals surface area contributed by atoms with E-state index < -0.39 is 0 Å². The topological polar surface area (TPSA) is 50.9 Å². The molecule has 0 bridgehead atoms. The van der Waals surface area contributed by atoms with E-state index >= 15 is 0 Å². The molecule has 0 atom stereocenters. The quantitative estimate of drug-likeness (QED) is 0.154. The van der Waals surface area contributed by atoms with Crippen molar-refractivity contribution < 1.29 is 26.2 Å². The van der Waals surface area contributed by atoms with Crippen molar-refractivity contribution in [2.24, 2.45) is 0 Å². The van der Waals surface area contributed by atoms with Gasteiger partial charge in [-0.05, 0) is 80.0 Å². The summed E-state index contributed by atoms with van der Waals surface area (Å²) in [7, 11) is 0. The van der Waals surface area contributed by atoms with Gasteiger partial charge in [-0.1, -0.05) is 209 Å². The number of phenols is 1. The van der Waals surface area contributed by atoms with Gasteiger partial charge in [0.05, 0.1) is 22.3 Å². The second-order valence-electron chi connectivity index (χ2n) is 21.7. The molecule has 4 nitrogen and oxygen atoms in total. The van der Waals surface area contributed by atoms with E-state index in [2.05, 4.69) is 245 Å². The molecule has 0 fully saturated rings. The van der Waals surface area contributed by atoms with Gasteiger partial charge >= 0.3 is 0 Å². The largest absolute Gasteiger partial charge is 0.507 e. The van der Waals surface area contributed by atoms with Crippen LogP contribution in [0.4, 0.5) is 0 Å². The second kappa shape index (κ2) is 18.3. The zero-order valence-corrected chi connectivity index (χ0v) is 43.5. The third kappa shape index (κ3) is 9.29. The van der Waals surface area contributed by atoms with Crippen LogP contribution in [-0.4, -0.2) is 19.6 Å². The van der Waals surface area contributed by atoms with Crippen molar-refractivity contribution in [3.8, 4) is 67.5 Å². The van der Waals surface area contributed by atoms with Crippen LogP contribution in [0, 0.1) is 6.07 Å². The molecule has 0 saturated heterocycles. The van der Waals surface area contributed by atoms with Crippen LogP contribution in [0.25, 0.3) is 72.7 Å². The maximum absolute atomic E-state index is 12.6. The normalized spacial score (nSPS) is 12.3. The number of rotatable bonds is 8. The van der Waals surface area contributed by atoms with Gasteiger partial charge in [0.2, 0.25) is 0 Å². The molecule has 346 valence electrons. The van der Waals surface area contributed by atoms with Crippen LogP contribution in [0.1, 0.15) is 104 Å². The van der Waals surface area contributed by atoms with Crippen molar-refractivity contribution in [1.82, 2.24) is 14.5 Å². The third-order valence-electron chi connectivity index (χ3n) is 13.4. The number of imidazole rings is 1. The third-order valence-corrected chi connectivity index (χ3v) is 13.4. The summed E-state index contributed by atoms with van der Waals surface area (Å²) in [6, 6.07) is 62.1. The predicted octanol–water partition coefficient (Wildman–Crippen LogP) is 16.5. The van der Waals surface area contributed by atoms with E-state index in [4.69, 9.17) is 9.97 Å². The van der Waals surface area contributed by atoms with E-state index in [9.17, 15) is 5.11 Å². The second-order valence-corrected chi connectivity index (χ2v) is 21.7. The summed E-state index contributed by atoms with van der Waals surface area (Å²) in [4.78, 5) is 10.6. The van der Waals surface area contributed by atoms with Gasteiger partial charge in [0, 0.05) is 49.5 Å². The van der Waals surface area contributed by atoms with Gasteiger partial charge < -0.3 is 5.11 Å². The van der Waals surface area contributed by atoms with Crippen molar-refractivity contribution in [2.45, 2.75) is 97.8 Å². The Balaban J connectivity index is 0.00000625. The Hall–Kier alpha value is -6.35. The Morgan fingerprint density at radius 1 is 0.471 bits per heavy atom. The van der Waals surface area contributed by atoms with Crippen LogP contribution in [0.15, 0.2) is 170 Å². The van der Waals surface area contributed by atoms with Crippen LogP contribution in [0.5, 0.6) is 5.75 Å². The average Bonchev–Trinajstić information content (AvgIpc) is 3.70. The molecule has 9 aromatic rings. The summed E-state index contributed by atoms with van der Waals surface area (Å²) in [6.45, 7) is 24.6. The number of benzene rings is 7. The van der Waals surface area contributed by atoms with Gasteiger partial charge in [-0.2, -0.15) is 0 Å². The molecule has 0 amide bonds. The number of aromatic hydroxyl groups is 1. The first-order valence-electron chi connectivity index (χ1n) is 23.5. The summed E-state index contributed by atoms with van der Waals surface area (Å²) in [5.41, 5.74) is 16.1. The summed E-state index contributed by atoms with van der Waals surface area (Å²) >= 11 is 0. The van der Waals surface area contributed by atoms with E-state index in [1.165, 1.54) is 16.7 Å². The maximum Gasteiger partial charge on any atom is 0.148 e. The van der Waals surface area contributed by atoms with Gasteiger partial charge in [0.1, 0.15) is 11.6 Å². The molecule has 5 heteroatoms. The molecule has 7 aromatic carbocycles. The molecule has 1 N–H and O–H groups in total. The maximum atomic E-state index is 12.6. The molecule has 2 aromatic heterocycles. The molecule has 9 rings (SSSR count). The molecule has 68 heavy (non-hydrogen) atoms. The first-order valence-corrected chi connectivity index (χ1v) is 23.5. The molecule has 0 aliphatic heterocycles. The van der Waals surface area contributed by atoms with Gasteiger partial charge in [0.25, 0.3) is 0 Å². The summed E-state index contributed by atoms with van der Waals surface area (Å²) in [6.07, 6.45) is 1.89. The number of fused-ring (bicyclic) bond motifs is 1. The first-order chi connectivity index (χ1) is 31.8. The molecular formula is C63H62N3OPt-. The van der Waals surface area contributed by atoms with E-state index in [1.807, 2.05) is 12.3 Å². The molecular weight excluding hydrogens is 1010 g/mol. The van der Waals surface area contributed by atoms with Gasteiger partial charge in [0.15, 0.2) is 0 Å². The van der Waals surface area contributed by atoms with Gasteiger partial charge in [-0.3, -0.25) is 9.55 Å². The Morgan fingerprint density at radius 3 is 1.69 bits per heavy atom. The first kappa shape index (κ1) is 48.1. The predicted molar refractivity (Wildman–Crippen MR) is 281 cm³/mol. The van der Waals surface area contributed by atoms with Crippen molar-refractivity contribution in [3.63, 3.8) is 0 Å². The number of hydrogen-bond acceptors (Lipinski definition) is 3. The molecule has 0 radical (unpaired) electrons. The minimum atomic E-state index is -0.341. The smallest absolute Gasteiger partial charge is 0.148 e. The van der Waals surface area contributed by atoms with E-state index in [0.717, 1.165) is 72.5 Å². The van der Waals surface area contributed by atoms with Crippen LogP contribution in [-0.2, 0) is 42.7 Å². The monoisotopic (exact) mass is 1070 g/mol. The summed E-state index contributed by atoms with van der Waals surface area (Å²) in [5.74, 6) is 0.919. The number of nitrogens with zero attached hydrogens (tertiary/aromatic N) is 3. The van der Waals surface area contributed by atoms with Crippen molar-refractivity contribution >= 4 is 11.0 Å². The standard InChI is InChI=1S/C63H62N3O.Pt/c1-60(2,3)48-35-44(34-45(36-48)54-37-43(32-33-64-54)41-22-15-12-16-23-41)50-28-21-29-56-57(50)65-59(52-39-49(61(4,5)6)40-53(58(52)67)62(7,8)9)66(56)55-31-30-47(38-51(55)42-24-17-13-18-25-42)63(10,11)46-26-19-14-20-27-46;/h12-33,35-40,67H,1-11H3;/q-1;. The van der Waals surface area contributed by atoms with Crippen LogP contribution in [0.2, 0.25) is 0 Å². The molecule has 0 aliphatic rings. The summed E-state index contributed by atoms with van der Waals surface area (Å²) in [5, 5.41) is 12.6. The van der Waals surface area contributed by atoms with Crippen molar-refractivity contribution in [3.05, 3.63) is 204 Å². The zero-order valence-electron chi connectivity index (χ0n) is 41.3. The van der Waals surface area contributed by atoms with Crippen molar-refractivity contribution in [1.29, 1.82) is 0 Å². The number of phenolic OH excluding ortho intramolecular Hbond substituents is 1. The average molecular weight is 1070 g/mol. The number of aromatic nitrogens is 3. The minimum absolute atomic E-state index is 0. The summed E-state index contributed by atoms with van der Waals surface area (Å²) < 4.78 is 2.29. The number of para-hydroxylation sites is 1. The Bertz CT molecular complexity index is 3260. The number of hydrogen-bond donors (Lipinski definition) is 1. The van der Waals surface area contributed by atoms with Crippen LogP contribution >= 0.6 is 0 Å². The molecule has 0 saturated carbocycles. The molecule has 0 spiro atoms. The van der Waals surface area contributed by atoms with Crippen LogP contribution in [0.3, 0.4) is 0 Å². The molecule has 2 heterocycles. The van der Waals surface area contributed by atoms with Crippen molar-refractivity contribution in [2.75, 3.05) is 0 Å². The minimum Gasteiger partial charge on any atom is -0.507 e. The Kier molecular flexibility index (Phi) is 12.9. The van der Waals surface area contributed by atoms with Crippen LogP contribution < -0.4 is 0 Å². The fourth-order valence-corrected chi connectivity index (χ4v) is 9.21. The van der Waals surface area contributed by atoms with Gasteiger partial charge in [-0.25, -0.2) is 4.98 Å². The molecule has 0 aliphatic carbocycles. The van der Waals surface area contributed by atoms with E-state index in [1.54, 1.807) is 0 Å². The Labute approximate surface area is 418 Å². The number of pyridine rings is 1. The Morgan fingerprint density at radius 2 is 1.06 bits per heavy atom. The fraction of sp³-hybridized carbons (Fsp3) is 0.238. The van der Waals surface area contributed by atoms with E-state index in [0.29, 0.717) is 11.4 Å². The SMILES string of the molecule is CC(C)(C)c1cc(-c2cc(-c3ccccc3)ccn2)[c-]c(-c2cccc3c2nc(-c2cc(C(C)(C)C)cc(C(C)(C)C)c2O)n3-c2ccc(C(C)(C)c3ccccc3)cc2-c2ccccc2)c1.[Pt]. The van der Waals surface area contributed by atoms with E-state index in [-0.39, 0.29) is 48.5 Å². The zero-order chi connectivity index (χ0) is 47.5.